The van der Waals surface area contributed by atoms with Gasteiger partial charge in [-0.05, 0) is 47.9 Å². The highest BCUT2D eigenvalue weighted by Crippen LogP contribution is 2.27. The van der Waals surface area contributed by atoms with E-state index in [0.717, 1.165) is 16.1 Å². The second kappa shape index (κ2) is 14.0. The van der Waals surface area contributed by atoms with Gasteiger partial charge in [-0.1, -0.05) is 84.2 Å². The first kappa shape index (κ1) is 30.8. The van der Waals surface area contributed by atoms with Crippen molar-refractivity contribution in [3.05, 3.63) is 99.0 Å². The van der Waals surface area contributed by atoms with Crippen molar-refractivity contribution < 1.29 is 18.0 Å². The Labute approximate surface area is 244 Å². The molecule has 0 fully saturated rings. The molecule has 0 aromatic heterocycles. The van der Waals surface area contributed by atoms with Crippen molar-refractivity contribution in [1.29, 1.82) is 0 Å². The first-order valence-electron chi connectivity index (χ1n) is 12.3. The van der Waals surface area contributed by atoms with Crippen molar-refractivity contribution in [2.45, 2.75) is 32.4 Å². The van der Waals surface area contributed by atoms with Gasteiger partial charge >= 0.3 is 0 Å². The quantitative estimate of drug-likeness (QED) is 0.290. The van der Waals surface area contributed by atoms with Crippen LogP contribution in [-0.2, 0) is 32.6 Å². The maximum atomic E-state index is 14.0. The van der Waals surface area contributed by atoms with Crippen molar-refractivity contribution in [1.82, 2.24) is 10.2 Å². The summed E-state index contributed by atoms with van der Waals surface area (Å²) in [6, 6.07) is 19.7. The average molecular weight is 611 g/mol. The van der Waals surface area contributed by atoms with Gasteiger partial charge in [0.15, 0.2) is 0 Å². The topological polar surface area (TPSA) is 86.8 Å². The third-order valence-electron chi connectivity index (χ3n) is 5.88. The summed E-state index contributed by atoms with van der Waals surface area (Å²) in [6.45, 7) is 1.83. The number of carbonyl (C=O) groups is 2. The fourth-order valence-corrected chi connectivity index (χ4v) is 5.61. The highest BCUT2D eigenvalue weighted by atomic mass is 35.5. The minimum Gasteiger partial charge on any atom is -0.354 e. The van der Waals surface area contributed by atoms with E-state index in [1.54, 1.807) is 24.3 Å². The van der Waals surface area contributed by atoms with Crippen LogP contribution in [0.4, 0.5) is 5.69 Å². The largest absolute Gasteiger partial charge is 0.354 e. The fourth-order valence-electron chi connectivity index (χ4n) is 4.05. The molecule has 0 heterocycles. The molecule has 0 unspecified atom stereocenters. The Morgan fingerprint density at radius 3 is 2.10 bits per heavy atom. The van der Waals surface area contributed by atoms with Crippen LogP contribution in [0.3, 0.4) is 0 Å². The number of rotatable bonds is 12. The van der Waals surface area contributed by atoms with Gasteiger partial charge in [-0.3, -0.25) is 13.9 Å². The normalized spacial score (nSPS) is 12.0. The lowest BCUT2D eigenvalue weighted by Gasteiger charge is -2.33. The second-order valence-corrected chi connectivity index (χ2v) is 12.3. The van der Waals surface area contributed by atoms with Gasteiger partial charge in [0.25, 0.3) is 0 Å². The van der Waals surface area contributed by atoms with Crippen LogP contribution in [0.5, 0.6) is 0 Å². The van der Waals surface area contributed by atoms with Gasteiger partial charge in [0, 0.05) is 34.6 Å². The molecule has 11 heteroatoms. The SMILES string of the molecule is CCCNC(=O)[C@H](Cc1ccccc1)N(Cc1cccc(Cl)c1)C(=O)CN(c1cc(Cl)cc(Cl)c1)S(C)(=O)=O. The number of nitrogens with zero attached hydrogens (tertiary/aromatic N) is 2. The van der Waals surface area contributed by atoms with Crippen LogP contribution in [0.25, 0.3) is 0 Å². The summed E-state index contributed by atoms with van der Waals surface area (Å²) in [7, 11) is -3.93. The summed E-state index contributed by atoms with van der Waals surface area (Å²) in [5.41, 5.74) is 1.68. The van der Waals surface area contributed by atoms with Crippen LogP contribution >= 0.6 is 34.8 Å². The lowest BCUT2D eigenvalue weighted by molar-refractivity contribution is -0.140. The maximum absolute atomic E-state index is 14.0. The van der Waals surface area contributed by atoms with Crippen molar-refractivity contribution in [3.63, 3.8) is 0 Å². The molecule has 2 amide bonds. The molecular formula is C28H30Cl3N3O4S. The molecule has 0 aliphatic heterocycles. The van der Waals surface area contributed by atoms with Gasteiger partial charge in [-0.2, -0.15) is 0 Å². The van der Waals surface area contributed by atoms with Crippen molar-refractivity contribution in [3.8, 4) is 0 Å². The lowest BCUT2D eigenvalue weighted by atomic mass is 10.0. The van der Waals surface area contributed by atoms with Crippen LogP contribution in [0.15, 0.2) is 72.8 Å². The van der Waals surface area contributed by atoms with Crippen LogP contribution < -0.4 is 9.62 Å². The number of anilines is 1. The van der Waals surface area contributed by atoms with E-state index in [2.05, 4.69) is 5.32 Å². The molecule has 3 aromatic rings. The van der Waals surface area contributed by atoms with Crippen molar-refractivity contribution in [2.75, 3.05) is 23.7 Å². The number of nitrogens with one attached hydrogen (secondary N) is 1. The number of amides is 2. The molecule has 3 aromatic carbocycles. The smallest absolute Gasteiger partial charge is 0.244 e. The third kappa shape index (κ3) is 9.14. The predicted molar refractivity (Wildman–Crippen MR) is 158 cm³/mol. The Bertz CT molecular complexity index is 1380. The molecule has 0 aliphatic rings. The zero-order chi connectivity index (χ0) is 28.6. The van der Waals surface area contributed by atoms with Crippen LogP contribution in [0.1, 0.15) is 24.5 Å². The summed E-state index contributed by atoms with van der Waals surface area (Å²) in [5, 5.41) is 3.80. The van der Waals surface area contributed by atoms with Crippen LogP contribution in [-0.4, -0.2) is 50.5 Å². The molecule has 39 heavy (non-hydrogen) atoms. The van der Waals surface area contributed by atoms with Gasteiger partial charge in [0.1, 0.15) is 12.6 Å². The second-order valence-electron chi connectivity index (χ2n) is 9.05. The van der Waals surface area contributed by atoms with E-state index in [9.17, 15) is 18.0 Å². The van der Waals surface area contributed by atoms with E-state index in [1.807, 2.05) is 37.3 Å². The third-order valence-corrected chi connectivity index (χ3v) is 7.69. The van der Waals surface area contributed by atoms with E-state index >= 15 is 0 Å². The summed E-state index contributed by atoms with van der Waals surface area (Å²) < 4.78 is 26.6. The molecule has 0 saturated carbocycles. The molecule has 7 nitrogen and oxygen atoms in total. The van der Waals surface area contributed by atoms with Gasteiger partial charge in [0.2, 0.25) is 21.8 Å². The summed E-state index contributed by atoms with van der Waals surface area (Å²) in [6.07, 6.45) is 1.93. The molecule has 208 valence electrons. The molecule has 0 radical (unpaired) electrons. The number of carbonyl (C=O) groups excluding carboxylic acids is 2. The fraction of sp³-hybridized carbons (Fsp3) is 0.286. The molecular weight excluding hydrogens is 581 g/mol. The van der Waals surface area contributed by atoms with Gasteiger partial charge in [0.05, 0.1) is 11.9 Å². The van der Waals surface area contributed by atoms with Crippen LogP contribution in [0, 0.1) is 0 Å². The number of benzene rings is 3. The molecule has 3 rings (SSSR count). The molecule has 0 saturated heterocycles. The summed E-state index contributed by atoms with van der Waals surface area (Å²) in [4.78, 5) is 28.8. The number of sulfonamides is 1. The molecule has 1 atom stereocenters. The number of halogens is 3. The zero-order valence-electron chi connectivity index (χ0n) is 21.6. The maximum Gasteiger partial charge on any atom is 0.244 e. The number of hydrogen-bond donors (Lipinski definition) is 1. The first-order valence-corrected chi connectivity index (χ1v) is 15.3. The van der Waals surface area contributed by atoms with Gasteiger partial charge in [-0.25, -0.2) is 8.42 Å². The highest BCUT2D eigenvalue weighted by Gasteiger charge is 2.33. The Kier molecular flexibility index (Phi) is 11.1. The van der Waals surface area contributed by atoms with E-state index in [0.29, 0.717) is 23.6 Å². The van der Waals surface area contributed by atoms with Gasteiger partial charge in [-0.15, -0.1) is 0 Å². The van der Waals surface area contributed by atoms with Crippen molar-refractivity contribution in [2.24, 2.45) is 0 Å². The Hall–Kier alpha value is -2.78. The van der Waals surface area contributed by atoms with E-state index < -0.39 is 28.5 Å². The van der Waals surface area contributed by atoms with Gasteiger partial charge < -0.3 is 10.2 Å². The highest BCUT2D eigenvalue weighted by molar-refractivity contribution is 7.92. The van der Waals surface area contributed by atoms with Crippen molar-refractivity contribution >= 4 is 62.3 Å². The number of hydrogen-bond acceptors (Lipinski definition) is 4. The van der Waals surface area contributed by atoms with E-state index in [4.69, 9.17) is 34.8 Å². The van der Waals surface area contributed by atoms with Crippen LogP contribution in [0.2, 0.25) is 15.1 Å². The van der Waals surface area contributed by atoms with E-state index in [-0.39, 0.29) is 34.6 Å². The molecule has 0 aliphatic carbocycles. The Morgan fingerprint density at radius 1 is 0.872 bits per heavy atom. The van der Waals surface area contributed by atoms with E-state index in [1.165, 1.54) is 23.1 Å². The molecule has 0 spiro atoms. The molecule has 1 N–H and O–H groups in total. The monoisotopic (exact) mass is 609 g/mol. The zero-order valence-corrected chi connectivity index (χ0v) is 24.7. The lowest BCUT2D eigenvalue weighted by Crippen LogP contribution is -2.53. The minimum atomic E-state index is -3.93. The summed E-state index contributed by atoms with van der Waals surface area (Å²) >= 11 is 18.5. The average Bonchev–Trinajstić information content (AvgIpc) is 2.87. The standard InChI is InChI=1S/C28H30Cl3N3O4S/c1-3-12-32-28(36)26(14-20-8-5-4-6-9-20)33(18-21-10-7-11-22(29)13-21)27(35)19-34(39(2,37)38)25-16-23(30)15-24(31)17-25/h4-11,13,15-17,26H,3,12,14,18-19H2,1-2H3,(H,32,36)/t26-/m0/s1. The predicted octanol–water partition coefficient (Wildman–Crippen LogP) is 5.58. The summed E-state index contributed by atoms with van der Waals surface area (Å²) in [5.74, 6) is -0.920. The molecule has 0 bridgehead atoms. The minimum absolute atomic E-state index is 0.0321. The Balaban J connectivity index is 2.06. The Morgan fingerprint density at radius 2 is 1.51 bits per heavy atom. The first-order chi connectivity index (χ1) is 18.5.